The minimum Gasteiger partial charge on any atom is -0.364 e. The molecule has 0 unspecified atom stereocenters. The number of fused-ring (bicyclic) bond motifs is 1. The number of hydrogen-bond acceptors (Lipinski definition) is 4. The summed E-state index contributed by atoms with van der Waals surface area (Å²) in [7, 11) is 0. The van der Waals surface area contributed by atoms with E-state index in [1.165, 1.54) is 22.8 Å². The predicted octanol–water partition coefficient (Wildman–Crippen LogP) is 3.56. The number of carbonyl (C=O) groups excluding carboxylic acids is 1. The van der Waals surface area contributed by atoms with Gasteiger partial charge in [-0.2, -0.15) is 5.10 Å². The number of imidazole rings is 2. The second-order valence-corrected chi connectivity index (χ2v) is 6.67. The Morgan fingerprint density at radius 1 is 1.25 bits per heavy atom. The van der Waals surface area contributed by atoms with Crippen LogP contribution in [0.15, 0.2) is 42.9 Å². The fraction of sp³-hybridized carbons (Fsp3) is 0.158. The van der Waals surface area contributed by atoms with E-state index in [4.69, 9.17) is 17.3 Å². The van der Waals surface area contributed by atoms with Gasteiger partial charge in [0.15, 0.2) is 5.65 Å². The van der Waals surface area contributed by atoms with Crippen molar-refractivity contribution in [2.24, 2.45) is 5.73 Å². The van der Waals surface area contributed by atoms with Crippen molar-refractivity contribution in [1.82, 2.24) is 24.1 Å². The van der Waals surface area contributed by atoms with Crippen LogP contribution in [-0.4, -0.2) is 30.1 Å². The highest BCUT2D eigenvalue weighted by Gasteiger charge is 2.19. The van der Waals surface area contributed by atoms with Crippen LogP contribution in [0.2, 0.25) is 5.02 Å². The molecule has 0 aliphatic heterocycles. The summed E-state index contributed by atoms with van der Waals surface area (Å²) >= 11 is 5.96. The van der Waals surface area contributed by atoms with Crippen molar-refractivity contribution in [2.75, 3.05) is 0 Å². The third kappa shape index (κ3) is 3.01. The van der Waals surface area contributed by atoms with E-state index in [-0.39, 0.29) is 10.7 Å². The summed E-state index contributed by atoms with van der Waals surface area (Å²) < 4.78 is 17.0. The number of carbonyl (C=O) groups is 1. The van der Waals surface area contributed by atoms with E-state index >= 15 is 0 Å². The van der Waals surface area contributed by atoms with Gasteiger partial charge in [-0.05, 0) is 36.8 Å². The van der Waals surface area contributed by atoms with Gasteiger partial charge >= 0.3 is 0 Å². The normalized spacial score (nSPS) is 11.2. The van der Waals surface area contributed by atoms with Crippen LogP contribution < -0.4 is 5.73 Å². The lowest BCUT2D eigenvalue weighted by atomic mass is 10.1. The largest absolute Gasteiger partial charge is 0.364 e. The number of aryl methyl sites for hydroxylation is 1. The van der Waals surface area contributed by atoms with Crippen LogP contribution in [0.5, 0.6) is 0 Å². The molecule has 0 radical (unpaired) electrons. The van der Waals surface area contributed by atoms with E-state index in [2.05, 4.69) is 22.0 Å². The highest BCUT2D eigenvalue weighted by Crippen LogP contribution is 2.32. The lowest BCUT2D eigenvalue weighted by molar-refractivity contribution is 0.0993. The van der Waals surface area contributed by atoms with E-state index in [0.29, 0.717) is 29.1 Å². The molecular formula is C19H16ClFN6O. The maximum atomic E-state index is 13.6. The first kappa shape index (κ1) is 18.1. The van der Waals surface area contributed by atoms with Gasteiger partial charge in [-0.25, -0.2) is 18.9 Å². The second-order valence-electron chi connectivity index (χ2n) is 6.26. The molecule has 28 heavy (non-hydrogen) atoms. The van der Waals surface area contributed by atoms with Gasteiger partial charge in [-0.1, -0.05) is 18.5 Å². The van der Waals surface area contributed by atoms with Crippen LogP contribution in [0.1, 0.15) is 23.8 Å². The van der Waals surface area contributed by atoms with Crippen molar-refractivity contribution >= 4 is 23.2 Å². The van der Waals surface area contributed by atoms with Crippen LogP contribution in [0.3, 0.4) is 0 Å². The molecule has 1 aromatic carbocycles. The van der Waals surface area contributed by atoms with E-state index in [0.717, 1.165) is 12.1 Å². The number of rotatable bonds is 5. The molecule has 142 valence electrons. The average molecular weight is 399 g/mol. The number of amides is 1. The Labute approximate surface area is 164 Å². The summed E-state index contributed by atoms with van der Waals surface area (Å²) in [6.45, 7) is 2.76. The number of primary amides is 1. The number of nitrogens with zero attached hydrogens (tertiary/aromatic N) is 5. The Kier molecular flexibility index (Phi) is 4.56. The predicted molar refractivity (Wildman–Crippen MR) is 103 cm³/mol. The maximum absolute atomic E-state index is 13.6. The van der Waals surface area contributed by atoms with Crippen molar-refractivity contribution < 1.29 is 9.18 Å². The Morgan fingerprint density at radius 3 is 2.79 bits per heavy atom. The summed E-state index contributed by atoms with van der Waals surface area (Å²) in [5, 5.41) is 4.57. The fourth-order valence-electron chi connectivity index (χ4n) is 3.08. The summed E-state index contributed by atoms with van der Waals surface area (Å²) in [6.07, 6.45) is 3.98. The standard InChI is InChI=1S/C19H16ClFN6O/c1-2-7-26-10-24-17(11-3-4-13(21)12(20)8-11)18(26)14-5-6-16-23-9-15(19(22)28)27(16)25-14/h3-6,8-10H,2,7H2,1H3,(H2,22,28). The van der Waals surface area contributed by atoms with Crippen LogP contribution in [0, 0.1) is 5.82 Å². The summed E-state index contributed by atoms with van der Waals surface area (Å²) in [4.78, 5) is 20.3. The third-order valence-electron chi connectivity index (χ3n) is 4.35. The Morgan fingerprint density at radius 2 is 2.07 bits per heavy atom. The molecule has 9 heteroatoms. The number of aromatic nitrogens is 5. The zero-order valence-corrected chi connectivity index (χ0v) is 15.7. The monoisotopic (exact) mass is 398 g/mol. The molecule has 1 amide bonds. The van der Waals surface area contributed by atoms with Crippen molar-refractivity contribution in [3.05, 3.63) is 59.4 Å². The van der Waals surface area contributed by atoms with Gasteiger partial charge in [0, 0.05) is 12.1 Å². The number of hydrogen-bond donors (Lipinski definition) is 1. The first-order valence-corrected chi connectivity index (χ1v) is 9.03. The molecular weight excluding hydrogens is 383 g/mol. The van der Waals surface area contributed by atoms with Crippen LogP contribution >= 0.6 is 11.6 Å². The summed E-state index contributed by atoms with van der Waals surface area (Å²) in [6, 6.07) is 8.00. The van der Waals surface area contributed by atoms with Gasteiger partial charge in [-0.15, -0.1) is 0 Å². The van der Waals surface area contributed by atoms with Gasteiger partial charge in [0.05, 0.1) is 28.9 Å². The highest BCUT2D eigenvalue weighted by atomic mass is 35.5. The van der Waals surface area contributed by atoms with Gasteiger partial charge < -0.3 is 10.3 Å². The Hall–Kier alpha value is -3.26. The zero-order valence-electron chi connectivity index (χ0n) is 14.9. The molecule has 3 aromatic heterocycles. The molecule has 0 bridgehead atoms. The fourth-order valence-corrected chi connectivity index (χ4v) is 3.26. The van der Waals surface area contributed by atoms with Gasteiger partial charge in [-0.3, -0.25) is 4.79 Å². The molecule has 2 N–H and O–H groups in total. The molecule has 0 atom stereocenters. The van der Waals surface area contributed by atoms with E-state index in [1.54, 1.807) is 24.5 Å². The van der Waals surface area contributed by atoms with Gasteiger partial charge in [0.1, 0.15) is 17.2 Å². The molecule has 0 aliphatic carbocycles. The lowest BCUT2D eigenvalue weighted by Gasteiger charge is -2.10. The molecule has 4 aromatic rings. The van der Waals surface area contributed by atoms with Gasteiger partial charge in [0.2, 0.25) is 0 Å². The first-order chi connectivity index (χ1) is 13.5. The van der Waals surface area contributed by atoms with Crippen molar-refractivity contribution in [1.29, 1.82) is 0 Å². The van der Waals surface area contributed by atoms with E-state index in [1.807, 2.05) is 4.57 Å². The highest BCUT2D eigenvalue weighted by molar-refractivity contribution is 6.31. The molecule has 0 saturated heterocycles. The smallest absolute Gasteiger partial charge is 0.269 e. The van der Waals surface area contributed by atoms with Crippen LogP contribution in [0.25, 0.3) is 28.3 Å². The number of halogens is 2. The van der Waals surface area contributed by atoms with Crippen LogP contribution in [-0.2, 0) is 6.54 Å². The molecule has 0 aliphatic rings. The minimum absolute atomic E-state index is 0.0162. The second kappa shape index (κ2) is 7.05. The Bertz CT molecular complexity index is 1200. The number of benzene rings is 1. The molecule has 4 rings (SSSR count). The van der Waals surface area contributed by atoms with Crippen molar-refractivity contribution in [3.63, 3.8) is 0 Å². The molecule has 0 fully saturated rings. The summed E-state index contributed by atoms with van der Waals surface area (Å²) in [5.74, 6) is -1.12. The molecule has 3 heterocycles. The van der Waals surface area contributed by atoms with Crippen LogP contribution in [0.4, 0.5) is 4.39 Å². The van der Waals surface area contributed by atoms with E-state index < -0.39 is 11.7 Å². The molecule has 0 spiro atoms. The van der Waals surface area contributed by atoms with Crippen molar-refractivity contribution in [3.8, 4) is 22.6 Å². The molecule has 0 saturated carbocycles. The van der Waals surface area contributed by atoms with E-state index in [9.17, 15) is 9.18 Å². The average Bonchev–Trinajstić information content (AvgIpc) is 3.28. The first-order valence-electron chi connectivity index (χ1n) is 8.65. The van der Waals surface area contributed by atoms with Crippen molar-refractivity contribution in [2.45, 2.75) is 19.9 Å². The zero-order chi connectivity index (χ0) is 19.8. The lowest BCUT2D eigenvalue weighted by Crippen LogP contribution is -2.15. The maximum Gasteiger partial charge on any atom is 0.269 e. The quantitative estimate of drug-likeness (QED) is 0.556. The number of nitrogens with two attached hydrogens (primary N) is 1. The molecule has 7 nitrogen and oxygen atoms in total. The third-order valence-corrected chi connectivity index (χ3v) is 4.64. The topological polar surface area (TPSA) is 91.1 Å². The van der Waals surface area contributed by atoms with Gasteiger partial charge in [0.25, 0.3) is 5.91 Å². The SMILES string of the molecule is CCCn1cnc(-c2ccc(F)c(Cl)c2)c1-c1ccc2ncc(C(N)=O)n2n1. The Balaban J connectivity index is 1.94. The minimum atomic E-state index is -0.621. The summed E-state index contributed by atoms with van der Waals surface area (Å²) in [5.41, 5.74) is 8.69.